The molecule has 0 bridgehead atoms. The van der Waals surface area contributed by atoms with Crippen molar-refractivity contribution in [1.82, 2.24) is 5.32 Å². The molecule has 1 rings (SSSR count). The molecule has 0 saturated heterocycles. The van der Waals surface area contributed by atoms with Gasteiger partial charge in [-0.3, -0.25) is 4.79 Å². The molecule has 20 heavy (non-hydrogen) atoms. The molecule has 1 amide bonds. The van der Waals surface area contributed by atoms with Crippen molar-refractivity contribution < 1.29 is 19.4 Å². The number of unbranched alkanes of at least 4 members (excludes halogenated alkanes) is 1. The average molecular weight is 279 g/mol. The van der Waals surface area contributed by atoms with Crippen LogP contribution in [0.5, 0.6) is 5.75 Å². The lowest BCUT2D eigenvalue weighted by Gasteiger charge is -2.13. The van der Waals surface area contributed by atoms with Gasteiger partial charge in [0.15, 0.2) is 6.61 Å². The van der Waals surface area contributed by atoms with Crippen molar-refractivity contribution in [1.29, 1.82) is 0 Å². The van der Waals surface area contributed by atoms with E-state index < -0.39 is 5.97 Å². The maximum absolute atomic E-state index is 12.0. The van der Waals surface area contributed by atoms with Gasteiger partial charge in [0.2, 0.25) is 0 Å². The van der Waals surface area contributed by atoms with Crippen LogP contribution in [-0.4, -0.2) is 30.1 Å². The van der Waals surface area contributed by atoms with E-state index in [1.165, 1.54) is 0 Å². The number of carboxylic acids is 1. The molecule has 0 aliphatic rings. The smallest absolute Gasteiger partial charge is 0.341 e. The number of aryl methyl sites for hydroxylation is 2. The molecule has 0 aliphatic carbocycles. The minimum Gasteiger partial charge on any atom is -0.481 e. The van der Waals surface area contributed by atoms with Gasteiger partial charge < -0.3 is 15.2 Å². The first kappa shape index (κ1) is 16.0. The first-order valence-corrected chi connectivity index (χ1v) is 6.69. The van der Waals surface area contributed by atoms with E-state index in [-0.39, 0.29) is 12.5 Å². The van der Waals surface area contributed by atoms with Gasteiger partial charge in [-0.05, 0) is 43.5 Å². The minimum atomic E-state index is -1.02. The summed E-state index contributed by atoms with van der Waals surface area (Å²) in [6.07, 6.45) is 1.98. The quantitative estimate of drug-likeness (QED) is 0.751. The molecule has 0 fully saturated rings. The number of carboxylic acid groups (broad SMARTS) is 1. The third-order valence-corrected chi connectivity index (χ3v) is 2.88. The van der Waals surface area contributed by atoms with Crippen molar-refractivity contribution in [2.24, 2.45) is 0 Å². The second kappa shape index (κ2) is 7.53. The maximum atomic E-state index is 12.0. The van der Waals surface area contributed by atoms with Gasteiger partial charge >= 0.3 is 5.97 Å². The van der Waals surface area contributed by atoms with E-state index in [4.69, 9.17) is 9.84 Å². The Balaban J connectivity index is 2.81. The van der Waals surface area contributed by atoms with Gasteiger partial charge in [0.05, 0.1) is 0 Å². The van der Waals surface area contributed by atoms with Crippen LogP contribution in [0.2, 0.25) is 0 Å². The van der Waals surface area contributed by atoms with Crippen molar-refractivity contribution in [2.45, 2.75) is 33.6 Å². The topological polar surface area (TPSA) is 75.6 Å². The number of rotatable bonds is 7. The molecule has 0 atom stereocenters. The fourth-order valence-corrected chi connectivity index (χ4v) is 1.92. The Hall–Kier alpha value is -2.04. The first-order valence-electron chi connectivity index (χ1n) is 6.69. The van der Waals surface area contributed by atoms with Crippen molar-refractivity contribution >= 4 is 11.9 Å². The third-order valence-electron chi connectivity index (χ3n) is 2.88. The summed E-state index contributed by atoms with van der Waals surface area (Å²) in [5.74, 6) is -0.614. The number of amides is 1. The highest BCUT2D eigenvalue weighted by Crippen LogP contribution is 2.24. The second-order valence-electron chi connectivity index (χ2n) is 4.73. The number of hydrogen-bond acceptors (Lipinski definition) is 3. The summed E-state index contributed by atoms with van der Waals surface area (Å²) in [5.41, 5.74) is 2.08. The van der Waals surface area contributed by atoms with Gasteiger partial charge in [-0.15, -0.1) is 0 Å². The highest BCUT2D eigenvalue weighted by molar-refractivity contribution is 5.94. The second-order valence-corrected chi connectivity index (χ2v) is 4.73. The Morgan fingerprint density at radius 1 is 1.25 bits per heavy atom. The van der Waals surface area contributed by atoms with E-state index in [2.05, 4.69) is 12.2 Å². The fraction of sp³-hybridized carbons (Fsp3) is 0.467. The maximum Gasteiger partial charge on any atom is 0.341 e. The standard InChI is InChI=1S/C15H21NO4/c1-4-5-6-16-15(19)12-7-10(2)14(11(3)8-12)20-9-13(17)18/h7-8H,4-6,9H2,1-3H3,(H,16,19)(H,17,18). The summed E-state index contributed by atoms with van der Waals surface area (Å²) in [6.45, 7) is 5.93. The molecule has 0 unspecified atom stereocenters. The van der Waals surface area contributed by atoms with Crippen LogP contribution in [0.4, 0.5) is 0 Å². The number of benzene rings is 1. The summed E-state index contributed by atoms with van der Waals surface area (Å²) in [4.78, 5) is 22.5. The molecule has 0 spiro atoms. The molecule has 1 aromatic carbocycles. The number of nitrogens with one attached hydrogen (secondary N) is 1. The van der Waals surface area contributed by atoms with Crippen molar-refractivity contribution in [3.8, 4) is 5.75 Å². The first-order chi connectivity index (χ1) is 9.45. The van der Waals surface area contributed by atoms with Gasteiger partial charge in [0, 0.05) is 12.1 Å². The van der Waals surface area contributed by atoms with Crippen LogP contribution in [0.15, 0.2) is 12.1 Å². The summed E-state index contributed by atoms with van der Waals surface area (Å²) < 4.78 is 5.23. The lowest BCUT2D eigenvalue weighted by molar-refractivity contribution is -0.139. The zero-order chi connectivity index (χ0) is 15.1. The lowest BCUT2D eigenvalue weighted by Crippen LogP contribution is -2.24. The van der Waals surface area contributed by atoms with Crippen LogP contribution in [0, 0.1) is 13.8 Å². The van der Waals surface area contributed by atoms with Crippen molar-refractivity contribution in [3.63, 3.8) is 0 Å². The number of hydrogen-bond donors (Lipinski definition) is 2. The van der Waals surface area contributed by atoms with Gasteiger partial charge in [0.1, 0.15) is 5.75 Å². The predicted octanol–water partition coefficient (Wildman–Crippen LogP) is 2.30. The molecule has 0 aromatic heterocycles. The van der Waals surface area contributed by atoms with E-state index in [0.717, 1.165) is 24.0 Å². The van der Waals surface area contributed by atoms with Gasteiger partial charge in [0.25, 0.3) is 5.91 Å². The third kappa shape index (κ3) is 4.57. The normalized spacial score (nSPS) is 10.2. The molecule has 5 heteroatoms. The van der Waals surface area contributed by atoms with E-state index in [1.807, 2.05) is 0 Å². The van der Waals surface area contributed by atoms with E-state index in [9.17, 15) is 9.59 Å². The molecule has 1 aromatic rings. The summed E-state index contributed by atoms with van der Waals surface area (Å²) in [7, 11) is 0. The Labute approximate surface area is 118 Å². The monoisotopic (exact) mass is 279 g/mol. The van der Waals surface area contributed by atoms with Crippen molar-refractivity contribution in [3.05, 3.63) is 28.8 Å². The minimum absolute atomic E-state index is 0.116. The highest BCUT2D eigenvalue weighted by Gasteiger charge is 2.12. The van der Waals surface area contributed by atoms with Gasteiger partial charge in [-0.1, -0.05) is 13.3 Å². The molecule has 0 saturated carbocycles. The highest BCUT2D eigenvalue weighted by atomic mass is 16.5. The number of ether oxygens (including phenoxy) is 1. The molecule has 0 aliphatic heterocycles. The largest absolute Gasteiger partial charge is 0.481 e. The van der Waals surface area contributed by atoms with E-state index in [0.29, 0.717) is 17.9 Å². The van der Waals surface area contributed by atoms with Crippen LogP contribution >= 0.6 is 0 Å². The Morgan fingerprint density at radius 2 is 1.85 bits per heavy atom. The van der Waals surface area contributed by atoms with Crippen LogP contribution in [0.25, 0.3) is 0 Å². The fourth-order valence-electron chi connectivity index (χ4n) is 1.92. The van der Waals surface area contributed by atoms with Crippen molar-refractivity contribution in [2.75, 3.05) is 13.2 Å². The zero-order valence-corrected chi connectivity index (χ0v) is 12.2. The van der Waals surface area contributed by atoms with Crippen LogP contribution < -0.4 is 10.1 Å². The number of carbonyl (C=O) groups excluding carboxylic acids is 1. The summed E-state index contributed by atoms with van der Waals surface area (Å²) in [6, 6.07) is 3.43. The van der Waals surface area contributed by atoms with Gasteiger partial charge in [-0.25, -0.2) is 4.79 Å². The average Bonchev–Trinajstić information content (AvgIpc) is 2.37. The molecule has 0 radical (unpaired) electrons. The Bertz CT molecular complexity index is 474. The summed E-state index contributed by atoms with van der Waals surface area (Å²) in [5, 5.41) is 11.5. The van der Waals surface area contributed by atoms with Crippen LogP contribution in [-0.2, 0) is 4.79 Å². The number of aliphatic carboxylic acids is 1. The van der Waals surface area contributed by atoms with E-state index >= 15 is 0 Å². The predicted molar refractivity (Wildman–Crippen MR) is 76.3 cm³/mol. The number of carbonyl (C=O) groups is 2. The molecule has 2 N–H and O–H groups in total. The van der Waals surface area contributed by atoms with Gasteiger partial charge in [-0.2, -0.15) is 0 Å². The Kier molecular flexibility index (Phi) is 6.03. The van der Waals surface area contributed by atoms with E-state index in [1.54, 1.807) is 26.0 Å². The summed E-state index contributed by atoms with van der Waals surface area (Å²) >= 11 is 0. The molecule has 110 valence electrons. The SMILES string of the molecule is CCCCNC(=O)c1cc(C)c(OCC(=O)O)c(C)c1. The molecule has 5 nitrogen and oxygen atoms in total. The molecular formula is C15H21NO4. The zero-order valence-electron chi connectivity index (χ0n) is 12.2. The lowest BCUT2D eigenvalue weighted by atomic mass is 10.1. The van der Waals surface area contributed by atoms with Crippen LogP contribution in [0.3, 0.4) is 0 Å². The Morgan fingerprint density at radius 3 is 2.35 bits per heavy atom. The molecule has 0 heterocycles. The molecular weight excluding hydrogens is 258 g/mol. The van der Waals surface area contributed by atoms with Crippen LogP contribution in [0.1, 0.15) is 41.3 Å².